The number of imidazole rings is 1. The van der Waals surface area contributed by atoms with E-state index in [2.05, 4.69) is 23.1 Å². The number of anilines is 1. The average molecular weight is 241 g/mol. The number of benzene rings is 1. The van der Waals surface area contributed by atoms with Crippen molar-refractivity contribution in [3.8, 4) is 5.82 Å². The molecule has 92 valence electrons. The predicted octanol–water partition coefficient (Wildman–Crippen LogP) is 2.13. The highest BCUT2D eigenvalue weighted by Crippen LogP contribution is 2.22. The average Bonchev–Trinajstić information content (AvgIpc) is 2.91. The second kappa shape index (κ2) is 3.87. The lowest BCUT2D eigenvalue weighted by atomic mass is 10.2. The number of aryl methyl sites for hydroxylation is 2. The summed E-state index contributed by atoms with van der Waals surface area (Å²) < 4.78 is 3.75. The first kappa shape index (κ1) is 10.8. The molecule has 2 N–H and O–H groups in total. The molecule has 0 radical (unpaired) electrons. The molecular weight excluding hydrogens is 226 g/mol. The quantitative estimate of drug-likeness (QED) is 0.747. The van der Waals surface area contributed by atoms with Crippen molar-refractivity contribution < 1.29 is 0 Å². The zero-order valence-corrected chi connectivity index (χ0v) is 10.5. The predicted molar refractivity (Wildman–Crippen MR) is 71.7 cm³/mol. The summed E-state index contributed by atoms with van der Waals surface area (Å²) in [5.74, 6) is 1.28. The van der Waals surface area contributed by atoms with Gasteiger partial charge >= 0.3 is 0 Å². The summed E-state index contributed by atoms with van der Waals surface area (Å²) in [5.41, 5.74) is 9.05. The maximum atomic E-state index is 5.99. The molecule has 5 nitrogen and oxygen atoms in total. The van der Waals surface area contributed by atoms with Crippen LogP contribution in [0.2, 0.25) is 0 Å². The molecule has 0 bridgehead atoms. The Balaban J connectivity index is 2.24. The van der Waals surface area contributed by atoms with Gasteiger partial charge in [-0.3, -0.25) is 9.25 Å². The van der Waals surface area contributed by atoms with E-state index in [1.54, 1.807) is 0 Å². The van der Waals surface area contributed by atoms with Crippen molar-refractivity contribution in [2.45, 2.75) is 20.4 Å². The molecule has 0 saturated heterocycles. The third-order valence-electron chi connectivity index (χ3n) is 3.02. The maximum Gasteiger partial charge on any atom is 0.207 e. The molecule has 2 heterocycles. The van der Waals surface area contributed by atoms with Crippen molar-refractivity contribution in [1.29, 1.82) is 0 Å². The van der Waals surface area contributed by atoms with Crippen LogP contribution in [0.4, 0.5) is 5.95 Å². The van der Waals surface area contributed by atoms with E-state index in [9.17, 15) is 0 Å². The largest absolute Gasteiger partial charge is 0.369 e. The van der Waals surface area contributed by atoms with Crippen LogP contribution in [0.15, 0.2) is 30.5 Å². The molecule has 0 atom stereocenters. The van der Waals surface area contributed by atoms with Gasteiger partial charge in [0.25, 0.3) is 0 Å². The van der Waals surface area contributed by atoms with Crippen LogP contribution in [0.3, 0.4) is 0 Å². The van der Waals surface area contributed by atoms with E-state index in [1.165, 1.54) is 5.56 Å². The molecule has 0 aliphatic heterocycles. The fourth-order valence-electron chi connectivity index (χ4n) is 2.10. The van der Waals surface area contributed by atoms with Gasteiger partial charge in [-0.15, -0.1) is 0 Å². The smallest absolute Gasteiger partial charge is 0.207 e. The summed E-state index contributed by atoms with van der Waals surface area (Å²) in [6, 6.07) is 8.05. The lowest BCUT2D eigenvalue weighted by molar-refractivity contribution is 0.654. The van der Waals surface area contributed by atoms with Crippen LogP contribution in [-0.4, -0.2) is 19.3 Å². The zero-order chi connectivity index (χ0) is 12.7. The van der Waals surface area contributed by atoms with Crippen molar-refractivity contribution >= 4 is 17.0 Å². The number of nitrogen functional groups attached to an aromatic ring is 1. The van der Waals surface area contributed by atoms with E-state index in [4.69, 9.17) is 5.73 Å². The lowest BCUT2D eigenvalue weighted by Gasteiger charge is -2.02. The Labute approximate surface area is 105 Å². The Kier molecular flexibility index (Phi) is 2.33. The number of nitrogens with zero attached hydrogens (tertiary/aromatic N) is 4. The molecule has 2 aromatic heterocycles. The van der Waals surface area contributed by atoms with Gasteiger partial charge in [0.2, 0.25) is 5.95 Å². The summed E-state index contributed by atoms with van der Waals surface area (Å²) in [6.45, 7) is 4.93. The van der Waals surface area contributed by atoms with Crippen molar-refractivity contribution in [3.05, 3.63) is 36.0 Å². The number of hydrogen-bond acceptors (Lipinski definition) is 3. The van der Waals surface area contributed by atoms with Crippen LogP contribution < -0.4 is 5.73 Å². The maximum absolute atomic E-state index is 5.99. The third-order valence-corrected chi connectivity index (χ3v) is 3.02. The van der Waals surface area contributed by atoms with Gasteiger partial charge in [0.05, 0.1) is 11.0 Å². The molecule has 0 saturated carbocycles. The fraction of sp³-hybridized carbons (Fsp3) is 0.231. The highest BCUT2D eigenvalue weighted by Gasteiger charge is 2.11. The number of fused-ring (bicyclic) bond motifs is 1. The monoisotopic (exact) mass is 241 g/mol. The van der Waals surface area contributed by atoms with E-state index >= 15 is 0 Å². The van der Waals surface area contributed by atoms with Gasteiger partial charge in [-0.1, -0.05) is 6.07 Å². The van der Waals surface area contributed by atoms with Crippen molar-refractivity contribution in [2.75, 3.05) is 5.73 Å². The lowest BCUT2D eigenvalue weighted by Crippen LogP contribution is -2.03. The van der Waals surface area contributed by atoms with Gasteiger partial charge in [0, 0.05) is 18.8 Å². The summed E-state index contributed by atoms with van der Waals surface area (Å²) in [7, 11) is 0. The fourth-order valence-corrected chi connectivity index (χ4v) is 2.10. The van der Waals surface area contributed by atoms with Crippen LogP contribution in [0, 0.1) is 6.92 Å². The van der Waals surface area contributed by atoms with Crippen LogP contribution in [0.5, 0.6) is 0 Å². The first-order valence-corrected chi connectivity index (χ1v) is 5.97. The van der Waals surface area contributed by atoms with Gasteiger partial charge in [-0.25, -0.2) is 4.98 Å². The topological polar surface area (TPSA) is 61.7 Å². The van der Waals surface area contributed by atoms with Crippen molar-refractivity contribution in [3.63, 3.8) is 0 Å². The van der Waals surface area contributed by atoms with Crippen LogP contribution >= 0.6 is 0 Å². The Hall–Kier alpha value is -2.30. The molecule has 18 heavy (non-hydrogen) atoms. The first-order valence-electron chi connectivity index (χ1n) is 5.97. The van der Waals surface area contributed by atoms with Gasteiger partial charge in [-0.05, 0) is 31.5 Å². The highest BCUT2D eigenvalue weighted by atomic mass is 15.3. The minimum Gasteiger partial charge on any atom is -0.369 e. The van der Waals surface area contributed by atoms with Crippen LogP contribution in [-0.2, 0) is 6.54 Å². The number of rotatable bonds is 2. The Morgan fingerprint density at radius 3 is 2.83 bits per heavy atom. The van der Waals surface area contributed by atoms with Crippen LogP contribution in [0.25, 0.3) is 16.9 Å². The standard InChI is InChI=1S/C13H15N5/c1-3-17-7-6-12(16-17)18-11-5-4-9(2)8-10(11)15-13(18)14/h4-8H,3H2,1-2H3,(H2,14,15). The number of nitrogens with two attached hydrogens (primary N) is 1. The summed E-state index contributed by atoms with van der Waals surface area (Å²) >= 11 is 0. The molecule has 0 spiro atoms. The van der Waals surface area contributed by atoms with E-state index in [0.717, 1.165) is 23.4 Å². The minimum absolute atomic E-state index is 0.469. The van der Waals surface area contributed by atoms with Gasteiger partial charge in [-0.2, -0.15) is 5.10 Å². The van der Waals surface area contributed by atoms with E-state index < -0.39 is 0 Å². The third kappa shape index (κ3) is 1.55. The normalized spacial score (nSPS) is 11.2. The van der Waals surface area contributed by atoms with Gasteiger partial charge in [0.15, 0.2) is 5.82 Å². The molecule has 3 rings (SSSR count). The van der Waals surface area contributed by atoms with Crippen molar-refractivity contribution in [2.24, 2.45) is 0 Å². The molecule has 0 unspecified atom stereocenters. The van der Waals surface area contributed by atoms with E-state index in [1.807, 2.05) is 40.6 Å². The molecule has 1 aromatic carbocycles. The summed E-state index contributed by atoms with van der Waals surface area (Å²) in [5, 5.41) is 4.46. The number of aromatic nitrogens is 4. The molecule has 0 aliphatic carbocycles. The molecule has 5 heteroatoms. The second-order valence-corrected chi connectivity index (χ2v) is 4.33. The second-order valence-electron chi connectivity index (χ2n) is 4.33. The van der Waals surface area contributed by atoms with E-state index in [0.29, 0.717) is 5.95 Å². The molecule has 3 aromatic rings. The van der Waals surface area contributed by atoms with E-state index in [-0.39, 0.29) is 0 Å². The molecule has 0 aliphatic rings. The summed E-state index contributed by atoms with van der Waals surface area (Å²) in [6.07, 6.45) is 1.94. The highest BCUT2D eigenvalue weighted by molar-refractivity contribution is 5.81. The summed E-state index contributed by atoms with van der Waals surface area (Å²) in [4.78, 5) is 4.38. The number of hydrogen-bond donors (Lipinski definition) is 1. The Bertz CT molecular complexity index is 707. The zero-order valence-electron chi connectivity index (χ0n) is 10.5. The van der Waals surface area contributed by atoms with Crippen molar-refractivity contribution in [1.82, 2.24) is 19.3 Å². The molecule has 0 fully saturated rings. The van der Waals surface area contributed by atoms with Crippen LogP contribution in [0.1, 0.15) is 12.5 Å². The SMILES string of the molecule is CCn1ccc(-n2c(N)nc3cc(C)ccc32)n1. The molecular formula is C13H15N5. The first-order chi connectivity index (χ1) is 8.69. The van der Waals surface area contributed by atoms with Gasteiger partial charge in [0.1, 0.15) is 0 Å². The Morgan fingerprint density at radius 2 is 2.11 bits per heavy atom. The van der Waals surface area contributed by atoms with Gasteiger partial charge < -0.3 is 5.73 Å². The minimum atomic E-state index is 0.469. The molecule has 0 amide bonds. The Morgan fingerprint density at radius 1 is 1.28 bits per heavy atom.